The number of nitrogens with zero attached hydrogens (tertiary/aromatic N) is 1. The summed E-state index contributed by atoms with van der Waals surface area (Å²) in [6.07, 6.45) is 6.93. The predicted molar refractivity (Wildman–Crippen MR) is 56.9 cm³/mol. The number of rotatable bonds is 2. The second kappa shape index (κ2) is 3.84. The first-order valence-electron chi connectivity index (χ1n) is 4.34. The molecule has 0 fully saturated rings. The molecular formula is C11H10N2O. The Morgan fingerprint density at radius 1 is 1.57 bits per heavy atom. The number of aliphatic imine (C=N–C) groups is 1. The normalized spacial score (nSPS) is 12.5. The van der Waals surface area contributed by atoms with Crippen molar-refractivity contribution in [3.8, 4) is 18.1 Å². The van der Waals surface area contributed by atoms with Gasteiger partial charge in [0, 0.05) is 17.5 Å². The number of ether oxygens (including phenoxy) is 1. The van der Waals surface area contributed by atoms with Gasteiger partial charge >= 0.3 is 0 Å². The van der Waals surface area contributed by atoms with Crippen molar-refractivity contribution in [2.75, 3.05) is 18.6 Å². The summed E-state index contributed by atoms with van der Waals surface area (Å²) in [5.41, 5.74) is 2.11. The average Bonchev–Trinajstić information content (AvgIpc) is 2.26. The highest BCUT2D eigenvalue weighted by Gasteiger charge is 2.04. The van der Waals surface area contributed by atoms with E-state index < -0.39 is 0 Å². The zero-order chi connectivity index (χ0) is 9.80. The Hall–Kier alpha value is -1.95. The summed E-state index contributed by atoms with van der Waals surface area (Å²) in [6.45, 7) is 0.931. The van der Waals surface area contributed by atoms with Crippen LogP contribution in [0.15, 0.2) is 23.2 Å². The van der Waals surface area contributed by atoms with Crippen molar-refractivity contribution in [1.29, 1.82) is 0 Å². The van der Waals surface area contributed by atoms with Gasteiger partial charge in [-0.05, 0) is 18.2 Å². The van der Waals surface area contributed by atoms with Crippen molar-refractivity contribution in [3.05, 3.63) is 23.8 Å². The molecule has 2 rings (SSSR count). The molecule has 3 heteroatoms. The monoisotopic (exact) mass is 186 g/mol. The van der Waals surface area contributed by atoms with E-state index in [0.717, 1.165) is 17.0 Å². The van der Waals surface area contributed by atoms with Crippen molar-refractivity contribution in [1.82, 2.24) is 0 Å². The van der Waals surface area contributed by atoms with Crippen LogP contribution in [0.4, 0.5) is 5.69 Å². The number of benzene rings is 1. The van der Waals surface area contributed by atoms with Crippen LogP contribution in [-0.2, 0) is 0 Å². The van der Waals surface area contributed by atoms with Crippen LogP contribution in [0.1, 0.15) is 5.56 Å². The van der Waals surface area contributed by atoms with Crippen LogP contribution in [0, 0.1) is 12.3 Å². The van der Waals surface area contributed by atoms with Gasteiger partial charge in [0.15, 0.2) is 0 Å². The van der Waals surface area contributed by atoms with E-state index in [2.05, 4.69) is 16.2 Å². The lowest BCUT2D eigenvalue weighted by Crippen LogP contribution is -2.07. The Morgan fingerprint density at radius 2 is 2.50 bits per heavy atom. The first kappa shape index (κ1) is 8.64. The minimum Gasteiger partial charge on any atom is -0.481 e. The maximum atomic E-state index is 5.30. The van der Waals surface area contributed by atoms with E-state index in [9.17, 15) is 0 Å². The van der Waals surface area contributed by atoms with Gasteiger partial charge in [-0.2, -0.15) is 0 Å². The third kappa shape index (κ3) is 1.69. The molecule has 1 aromatic carbocycles. The highest BCUT2D eigenvalue weighted by atomic mass is 16.5. The Balaban J connectivity index is 2.23. The third-order valence-electron chi connectivity index (χ3n) is 1.94. The standard InChI is InChI=1S/C11H10N2O/c1-2-5-14-10-3-4-11-9(6-10)7-12-8-13-11/h1,3-4,6-7,13H,5,8H2. The van der Waals surface area contributed by atoms with Gasteiger partial charge in [0.1, 0.15) is 19.0 Å². The van der Waals surface area contributed by atoms with Crippen LogP contribution in [-0.4, -0.2) is 19.5 Å². The largest absolute Gasteiger partial charge is 0.481 e. The molecule has 0 saturated carbocycles. The molecule has 0 spiro atoms. The molecule has 1 aliphatic heterocycles. The summed E-state index contributed by atoms with van der Waals surface area (Å²) in [4.78, 5) is 4.11. The lowest BCUT2D eigenvalue weighted by Gasteiger charge is -2.13. The molecule has 0 saturated heterocycles. The molecule has 0 aromatic heterocycles. The van der Waals surface area contributed by atoms with Crippen molar-refractivity contribution in [2.45, 2.75) is 0 Å². The fourth-order valence-electron chi connectivity index (χ4n) is 1.30. The topological polar surface area (TPSA) is 33.6 Å². The molecule has 14 heavy (non-hydrogen) atoms. The van der Waals surface area contributed by atoms with Gasteiger partial charge in [-0.25, -0.2) is 0 Å². The van der Waals surface area contributed by atoms with E-state index in [4.69, 9.17) is 11.2 Å². The highest BCUT2D eigenvalue weighted by molar-refractivity contribution is 5.89. The van der Waals surface area contributed by atoms with Gasteiger partial charge in [0.05, 0.1) is 0 Å². The van der Waals surface area contributed by atoms with Crippen molar-refractivity contribution < 1.29 is 4.74 Å². The Bertz CT molecular complexity index is 404. The summed E-state index contributed by atoms with van der Waals surface area (Å²) in [5, 5.41) is 3.15. The second-order valence-electron chi connectivity index (χ2n) is 2.89. The summed E-state index contributed by atoms with van der Waals surface area (Å²) in [7, 11) is 0. The maximum absolute atomic E-state index is 5.30. The Morgan fingerprint density at radius 3 is 3.36 bits per heavy atom. The fourth-order valence-corrected chi connectivity index (χ4v) is 1.30. The van der Waals surface area contributed by atoms with Crippen LogP contribution >= 0.6 is 0 Å². The number of anilines is 1. The second-order valence-corrected chi connectivity index (χ2v) is 2.89. The smallest absolute Gasteiger partial charge is 0.148 e. The van der Waals surface area contributed by atoms with Gasteiger partial charge in [0.2, 0.25) is 0 Å². The van der Waals surface area contributed by atoms with E-state index in [1.54, 1.807) is 0 Å². The third-order valence-corrected chi connectivity index (χ3v) is 1.94. The molecule has 1 aliphatic rings. The molecule has 0 unspecified atom stereocenters. The van der Waals surface area contributed by atoms with Crippen molar-refractivity contribution in [2.24, 2.45) is 4.99 Å². The predicted octanol–water partition coefficient (Wildman–Crippen LogP) is 1.50. The lowest BCUT2D eigenvalue weighted by atomic mass is 10.1. The Labute approximate surface area is 82.8 Å². The average molecular weight is 186 g/mol. The molecule has 1 aromatic rings. The molecule has 0 aliphatic carbocycles. The zero-order valence-corrected chi connectivity index (χ0v) is 7.66. The van der Waals surface area contributed by atoms with Gasteiger partial charge < -0.3 is 10.1 Å². The lowest BCUT2D eigenvalue weighted by molar-refractivity contribution is 0.370. The van der Waals surface area contributed by atoms with Crippen LogP contribution in [0.5, 0.6) is 5.75 Å². The van der Waals surface area contributed by atoms with Crippen LogP contribution < -0.4 is 10.1 Å². The quantitative estimate of drug-likeness (QED) is 0.710. The molecule has 0 radical (unpaired) electrons. The molecule has 1 N–H and O–H groups in total. The number of terminal acetylenes is 1. The minimum absolute atomic E-state index is 0.295. The number of nitrogens with one attached hydrogen (secondary N) is 1. The summed E-state index contributed by atoms with van der Waals surface area (Å²) in [5.74, 6) is 3.20. The van der Waals surface area contributed by atoms with Crippen molar-refractivity contribution in [3.63, 3.8) is 0 Å². The molecule has 1 heterocycles. The fraction of sp³-hybridized carbons (Fsp3) is 0.182. The van der Waals surface area contributed by atoms with Gasteiger partial charge in [-0.15, -0.1) is 6.42 Å². The molecule has 70 valence electrons. The zero-order valence-electron chi connectivity index (χ0n) is 7.66. The van der Waals surface area contributed by atoms with Gasteiger partial charge in [-0.3, -0.25) is 4.99 Å². The van der Waals surface area contributed by atoms with E-state index in [1.165, 1.54) is 0 Å². The number of fused-ring (bicyclic) bond motifs is 1. The van der Waals surface area contributed by atoms with Crippen molar-refractivity contribution >= 4 is 11.9 Å². The minimum atomic E-state index is 0.295. The SMILES string of the molecule is C#CCOc1ccc2c(c1)C=NCN2. The van der Waals surface area contributed by atoms with E-state index in [0.29, 0.717) is 13.3 Å². The van der Waals surface area contributed by atoms with Crippen LogP contribution in [0.3, 0.4) is 0 Å². The summed E-state index contributed by atoms with van der Waals surface area (Å²) in [6, 6.07) is 5.77. The highest BCUT2D eigenvalue weighted by Crippen LogP contribution is 2.22. The van der Waals surface area contributed by atoms with E-state index >= 15 is 0 Å². The van der Waals surface area contributed by atoms with E-state index in [-0.39, 0.29) is 0 Å². The number of hydrogen-bond donors (Lipinski definition) is 1. The van der Waals surface area contributed by atoms with E-state index in [1.807, 2.05) is 24.4 Å². The Kier molecular flexibility index (Phi) is 2.37. The first-order valence-corrected chi connectivity index (χ1v) is 4.34. The molecule has 0 bridgehead atoms. The summed E-state index contributed by atoms with van der Waals surface area (Å²) < 4.78 is 5.30. The van der Waals surface area contributed by atoms with Gasteiger partial charge in [0.25, 0.3) is 0 Å². The maximum Gasteiger partial charge on any atom is 0.148 e. The van der Waals surface area contributed by atoms with Crippen LogP contribution in [0.2, 0.25) is 0 Å². The first-order chi connectivity index (χ1) is 6.90. The summed E-state index contributed by atoms with van der Waals surface area (Å²) >= 11 is 0. The molecule has 0 amide bonds. The molecule has 0 atom stereocenters. The van der Waals surface area contributed by atoms with Crippen LogP contribution in [0.25, 0.3) is 0 Å². The van der Waals surface area contributed by atoms with Gasteiger partial charge in [-0.1, -0.05) is 5.92 Å². The number of hydrogen-bond acceptors (Lipinski definition) is 3. The molecular weight excluding hydrogens is 176 g/mol. The molecule has 3 nitrogen and oxygen atoms in total.